The zero-order valence-electron chi connectivity index (χ0n) is 48.4. The van der Waals surface area contributed by atoms with Gasteiger partial charge in [0.1, 0.15) is 5.78 Å². The summed E-state index contributed by atoms with van der Waals surface area (Å²) in [6.45, 7) is 25.2. The number of aliphatic hydroxyl groups is 1. The van der Waals surface area contributed by atoms with E-state index in [9.17, 15) is 19.2 Å². The maximum atomic E-state index is 11.0. The second-order valence-electron chi connectivity index (χ2n) is 15.3. The van der Waals surface area contributed by atoms with E-state index in [0.717, 1.165) is 50.0 Å². The fourth-order valence-electron chi connectivity index (χ4n) is 4.71. The van der Waals surface area contributed by atoms with Crippen LogP contribution < -0.4 is 26.2 Å². The first kappa shape index (κ1) is 80.3. The Morgan fingerprint density at radius 2 is 1.14 bits per heavy atom. The van der Waals surface area contributed by atoms with Crippen LogP contribution in [0, 0.1) is 13.8 Å². The molecule has 2 amide bonds. The number of aliphatic hydroxyl groups excluding tert-OH is 1. The fourth-order valence-corrected chi connectivity index (χ4v) is 5.65. The summed E-state index contributed by atoms with van der Waals surface area (Å²) < 4.78 is 4.54. The van der Waals surface area contributed by atoms with Crippen LogP contribution >= 0.6 is 47.0 Å². The van der Waals surface area contributed by atoms with Crippen LogP contribution in [0.25, 0.3) is 0 Å². The Kier molecular flexibility index (Phi) is 71.4. The Balaban J connectivity index is -0.000000172. The number of ketones is 1. The van der Waals surface area contributed by atoms with Crippen molar-refractivity contribution in [3.63, 3.8) is 0 Å². The molecule has 0 unspecified atom stereocenters. The lowest BCUT2D eigenvalue weighted by molar-refractivity contribution is -0.118. The number of methoxy groups -OCH3 is 1. The van der Waals surface area contributed by atoms with Gasteiger partial charge >= 0.3 is 5.97 Å². The van der Waals surface area contributed by atoms with Crippen molar-refractivity contribution in [3.05, 3.63) is 101 Å². The SMILES string of the molecule is CC(=O)N(C)c1ccc(C)cc1.CCN(CC)CNC.CCNC.CCSC.CNC(C)=O.CNCN1CCCCC1.COC(=O)c1ccc(C)cc1.CSCC(C)=O.CSCO.CSCc1ccccc1. The van der Waals surface area contributed by atoms with Gasteiger partial charge in [0.2, 0.25) is 11.8 Å². The summed E-state index contributed by atoms with van der Waals surface area (Å²) in [6, 6.07) is 25.6. The molecule has 3 aromatic carbocycles. The van der Waals surface area contributed by atoms with E-state index in [1.54, 1.807) is 56.7 Å². The summed E-state index contributed by atoms with van der Waals surface area (Å²) in [5, 5.41) is 19.4. The first-order valence-electron chi connectivity index (χ1n) is 24.5. The molecule has 13 nitrogen and oxygen atoms in total. The number of hydrogen-bond donors (Lipinski definition) is 5. The van der Waals surface area contributed by atoms with Gasteiger partial charge in [0.15, 0.2) is 0 Å². The van der Waals surface area contributed by atoms with Crippen LogP contribution in [0.15, 0.2) is 78.9 Å². The third-order valence-corrected chi connectivity index (χ3v) is 11.3. The van der Waals surface area contributed by atoms with Crippen LogP contribution in [0.3, 0.4) is 0 Å². The Morgan fingerprint density at radius 1 is 0.681 bits per heavy atom. The molecule has 1 aliphatic heterocycles. The van der Waals surface area contributed by atoms with Crippen molar-refractivity contribution in [2.75, 3.05) is 136 Å². The van der Waals surface area contributed by atoms with E-state index in [1.165, 1.54) is 75.0 Å². The molecular formula is C55H103N7O6S4. The van der Waals surface area contributed by atoms with Crippen LogP contribution in [0.2, 0.25) is 0 Å². The van der Waals surface area contributed by atoms with Gasteiger partial charge in [-0.05, 0) is 148 Å². The van der Waals surface area contributed by atoms with Crippen molar-refractivity contribution in [1.29, 1.82) is 0 Å². The number of nitrogens with zero attached hydrogens (tertiary/aromatic N) is 3. The highest BCUT2D eigenvalue weighted by molar-refractivity contribution is 7.99. The van der Waals surface area contributed by atoms with Gasteiger partial charge in [-0.3, -0.25) is 24.2 Å². The second kappa shape index (κ2) is 64.0. The van der Waals surface area contributed by atoms with Crippen molar-refractivity contribution >= 4 is 76.3 Å². The topological polar surface area (TPSA) is 156 Å². The van der Waals surface area contributed by atoms with Gasteiger partial charge in [0.05, 0.1) is 24.4 Å². The number of esters is 1. The molecule has 1 heterocycles. The summed E-state index contributed by atoms with van der Waals surface area (Å²) in [5.41, 5.74) is 5.28. The number of hydrogen-bond acceptors (Lipinski definition) is 15. The molecule has 17 heteroatoms. The maximum Gasteiger partial charge on any atom is 0.337 e. The van der Waals surface area contributed by atoms with Gasteiger partial charge in [-0.2, -0.15) is 35.3 Å². The molecule has 3 aromatic rings. The van der Waals surface area contributed by atoms with Crippen molar-refractivity contribution in [2.45, 2.75) is 87.3 Å². The van der Waals surface area contributed by atoms with Gasteiger partial charge in [-0.25, -0.2) is 4.79 Å². The van der Waals surface area contributed by atoms with Gasteiger partial charge < -0.3 is 36.0 Å². The number of carbonyl (C=O) groups is 4. The first-order chi connectivity index (χ1) is 34.3. The minimum Gasteiger partial charge on any atom is -0.465 e. The lowest BCUT2D eigenvalue weighted by Crippen LogP contribution is -2.36. The van der Waals surface area contributed by atoms with Crippen molar-refractivity contribution in [3.8, 4) is 0 Å². The van der Waals surface area contributed by atoms with Gasteiger partial charge in [-0.1, -0.05) is 99.8 Å². The minimum atomic E-state index is -0.287. The predicted octanol–water partition coefficient (Wildman–Crippen LogP) is 10.0. The van der Waals surface area contributed by atoms with E-state index >= 15 is 0 Å². The standard InChI is InChI=1S/C10H13NO.C9H10O2.C8H10S.C7H16N2.C6H16N2.C4H8OS.C3H7NO.C3H9N.C3H8S.C2H6OS/c1-8-4-6-10(7-5-8)11(3)9(2)12;1-7-3-5-8(6-4-7)9(10)11-2;1-9-7-8-5-3-2-4-6-8;1-8-7-9-5-3-2-4-6-9;1-4-8(5-2)6-7-3;1-4(5)3-6-2;1-3(5)4-2;2*1-3-4-2;1-4-2-3/h4-7H,1-3H3;3-6H,1-2H3;2-6H,7H2,1H3;8H,2-7H2,1H3;7H,4-6H2,1-3H3;3H2,1-2H3;1-2H3,(H,4,5);4H,3H2,1-2H3;3H2,1-2H3;3H,2H2,1H3. The Hall–Kier alpha value is -3.10. The number of Topliss-reactive ketones (excluding diaryl/α,β-unsaturated/α-hetero) is 1. The summed E-state index contributed by atoms with van der Waals surface area (Å²) in [4.78, 5) is 48.0. The molecule has 4 rings (SSSR count). The normalized spacial score (nSPS) is 10.6. The first-order valence-corrected chi connectivity index (χ1v) is 30.0. The second-order valence-corrected chi connectivity index (χ2v) is 19.1. The number of piperidine rings is 1. The molecule has 72 heavy (non-hydrogen) atoms. The third-order valence-electron chi connectivity index (χ3n) is 9.10. The zero-order chi connectivity index (χ0) is 56.4. The van der Waals surface area contributed by atoms with Crippen molar-refractivity contribution in [1.82, 2.24) is 31.1 Å². The molecular weight excluding hydrogens is 983 g/mol. The largest absolute Gasteiger partial charge is 0.465 e. The quantitative estimate of drug-likeness (QED) is 0.0724. The molecule has 0 atom stereocenters. The number of thioether (sulfide) groups is 4. The number of benzene rings is 3. The highest BCUT2D eigenvalue weighted by Crippen LogP contribution is 2.13. The Labute approximate surface area is 458 Å². The van der Waals surface area contributed by atoms with Crippen LogP contribution in [-0.4, -0.2) is 169 Å². The Morgan fingerprint density at radius 3 is 1.42 bits per heavy atom. The number of nitrogens with one attached hydrogen (secondary N) is 4. The number of anilines is 1. The monoisotopic (exact) mass is 1090 g/mol. The third kappa shape index (κ3) is 63.0. The van der Waals surface area contributed by atoms with E-state index in [0.29, 0.717) is 11.3 Å². The van der Waals surface area contributed by atoms with Crippen LogP contribution in [0.5, 0.6) is 0 Å². The molecule has 0 aliphatic carbocycles. The van der Waals surface area contributed by atoms with E-state index in [2.05, 4.69) is 100 Å². The smallest absolute Gasteiger partial charge is 0.337 e. The highest BCUT2D eigenvalue weighted by atomic mass is 32.2. The lowest BCUT2D eigenvalue weighted by Gasteiger charge is -2.25. The number of carbonyl (C=O) groups excluding carboxylic acids is 4. The van der Waals surface area contributed by atoms with E-state index < -0.39 is 0 Å². The van der Waals surface area contributed by atoms with Gasteiger partial charge in [-0.15, -0.1) is 11.8 Å². The molecule has 0 saturated carbocycles. The van der Waals surface area contributed by atoms with E-state index in [-0.39, 0.29) is 29.5 Å². The predicted molar refractivity (Wildman–Crippen MR) is 326 cm³/mol. The van der Waals surface area contributed by atoms with E-state index in [4.69, 9.17) is 5.11 Å². The molecule has 0 spiro atoms. The fraction of sp³-hybridized carbons (Fsp3) is 0.600. The summed E-state index contributed by atoms with van der Waals surface area (Å²) in [7, 11) is 10.7. The minimum absolute atomic E-state index is 0.00463. The lowest BCUT2D eigenvalue weighted by atomic mass is 10.1. The van der Waals surface area contributed by atoms with Gasteiger partial charge in [0.25, 0.3) is 0 Å². The molecule has 418 valence electrons. The van der Waals surface area contributed by atoms with Gasteiger partial charge in [0, 0.05) is 52.7 Å². The summed E-state index contributed by atoms with van der Waals surface area (Å²) >= 11 is 6.68. The molecule has 1 saturated heterocycles. The average molecular weight is 1090 g/mol. The zero-order valence-corrected chi connectivity index (χ0v) is 51.6. The van der Waals surface area contributed by atoms with Crippen molar-refractivity contribution in [2.24, 2.45) is 0 Å². The molecule has 1 fully saturated rings. The highest BCUT2D eigenvalue weighted by Gasteiger charge is 2.07. The summed E-state index contributed by atoms with van der Waals surface area (Å²) in [5.74, 6) is 3.28. The molecule has 5 N–H and O–H groups in total. The number of rotatable bonds is 15. The van der Waals surface area contributed by atoms with Crippen LogP contribution in [-0.2, 0) is 24.9 Å². The number of ether oxygens (including phenoxy) is 1. The van der Waals surface area contributed by atoms with E-state index in [1.807, 2.05) is 113 Å². The molecule has 1 aliphatic rings. The Bertz CT molecular complexity index is 1570. The number of likely N-dealkylation sites (tertiary alicyclic amines) is 1. The summed E-state index contributed by atoms with van der Waals surface area (Å²) in [6.07, 6.45) is 12.2. The molecule has 0 radical (unpaired) electrons. The number of amides is 2. The number of aryl methyl sites for hydroxylation is 2. The van der Waals surface area contributed by atoms with Crippen LogP contribution in [0.4, 0.5) is 5.69 Å². The molecule has 0 aromatic heterocycles. The average Bonchev–Trinajstić information content (AvgIpc) is 3.40. The van der Waals surface area contributed by atoms with Crippen molar-refractivity contribution < 1.29 is 29.0 Å². The van der Waals surface area contributed by atoms with Crippen LogP contribution in [0.1, 0.15) is 94.8 Å². The molecule has 0 bridgehead atoms. The maximum absolute atomic E-state index is 11.0.